The summed E-state index contributed by atoms with van der Waals surface area (Å²) in [7, 11) is 1.66. The van der Waals surface area contributed by atoms with Gasteiger partial charge in [-0.15, -0.1) is 0 Å². The summed E-state index contributed by atoms with van der Waals surface area (Å²) in [6.45, 7) is 2.05. The zero-order valence-electron chi connectivity index (χ0n) is 12.0. The number of methoxy groups -OCH3 is 1. The number of aliphatic hydroxyl groups excluding tert-OH is 1. The lowest BCUT2D eigenvalue weighted by atomic mass is 10.00. The highest BCUT2D eigenvalue weighted by Gasteiger charge is 2.10. The molecule has 3 nitrogen and oxygen atoms in total. The average Bonchev–Trinajstić information content (AvgIpc) is 2.46. The van der Waals surface area contributed by atoms with Crippen LogP contribution in [0.5, 0.6) is 5.75 Å². The molecule has 2 rings (SSSR count). The van der Waals surface area contributed by atoms with Crippen molar-refractivity contribution in [2.24, 2.45) is 0 Å². The summed E-state index contributed by atoms with van der Waals surface area (Å²) >= 11 is 0. The summed E-state index contributed by atoms with van der Waals surface area (Å²) in [6.07, 6.45) is 5.42. The number of benzene rings is 1. The van der Waals surface area contributed by atoms with Crippen LogP contribution in [0.2, 0.25) is 0 Å². The van der Waals surface area contributed by atoms with Gasteiger partial charge < -0.3 is 9.84 Å². The third-order valence-electron chi connectivity index (χ3n) is 3.38. The van der Waals surface area contributed by atoms with Crippen LogP contribution in [-0.4, -0.2) is 23.3 Å². The van der Waals surface area contributed by atoms with Crippen molar-refractivity contribution in [3.8, 4) is 5.75 Å². The first-order valence-electron chi connectivity index (χ1n) is 6.89. The molecule has 0 spiro atoms. The number of aromatic nitrogens is 1. The van der Waals surface area contributed by atoms with Crippen molar-refractivity contribution in [2.45, 2.75) is 32.3 Å². The Bertz CT molecular complexity index is 540. The van der Waals surface area contributed by atoms with Crippen LogP contribution in [0.15, 0.2) is 42.7 Å². The van der Waals surface area contributed by atoms with Crippen LogP contribution in [0.4, 0.5) is 0 Å². The molecule has 3 heteroatoms. The first kappa shape index (κ1) is 14.5. The highest BCUT2D eigenvalue weighted by atomic mass is 16.5. The van der Waals surface area contributed by atoms with E-state index < -0.39 is 0 Å². The number of ether oxygens (including phenoxy) is 1. The molecule has 1 aromatic heterocycles. The van der Waals surface area contributed by atoms with Crippen molar-refractivity contribution in [2.75, 3.05) is 7.11 Å². The maximum Gasteiger partial charge on any atom is 0.122 e. The number of aryl methyl sites for hydroxylation is 2. The fraction of sp³-hybridized carbons (Fsp3) is 0.353. The normalized spacial score (nSPS) is 12.2. The lowest BCUT2D eigenvalue weighted by Gasteiger charge is -2.14. The molecule has 106 valence electrons. The maximum absolute atomic E-state index is 10.2. The molecule has 0 saturated carbocycles. The maximum atomic E-state index is 10.2. The molecular formula is C17H21NO2. The monoisotopic (exact) mass is 271 g/mol. The van der Waals surface area contributed by atoms with E-state index >= 15 is 0 Å². The van der Waals surface area contributed by atoms with Gasteiger partial charge in [-0.3, -0.25) is 4.98 Å². The molecule has 1 aromatic carbocycles. The van der Waals surface area contributed by atoms with Crippen LogP contribution in [0.3, 0.4) is 0 Å². The SMILES string of the molecule is COc1ccc(C)cc1CC(O)CCc1cccnc1. The topological polar surface area (TPSA) is 42.4 Å². The Balaban J connectivity index is 1.94. The second-order valence-corrected chi connectivity index (χ2v) is 5.07. The largest absolute Gasteiger partial charge is 0.496 e. The van der Waals surface area contributed by atoms with Gasteiger partial charge in [-0.25, -0.2) is 0 Å². The average molecular weight is 271 g/mol. The first-order valence-corrected chi connectivity index (χ1v) is 6.89. The third kappa shape index (κ3) is 4.07. The zero-order valence-corrected chi connectivity index (χ0v) is 12.0. The molecule has 1 atom stereocenters. The van der Waals surface area contributed by atoms with Crippen LogP contribution in [0.1, 0.15) is 23.1 Å². The highest BCUT2D eigenvalue weighted by molar-refractivity contribution is 5.37. The van der Waals surface area contributed by atoms with Crippen LogP contribution >= 0.6 is 0 Å². The number of hydrogen-bond donors (Lipinski definition) is 1. The van der Waals surface area contributed by atoms with Gasteiger partial charge in [0, 0.05) is 18.8 Å². The van der Waals surface area contributed by atoms with E-state index in [-0.39, 0.29) is 6.10 Å². The molecule has 0 radical (unpaired) electrons. The number of hydrogen-bond acceptors (Lipinski definition) is 3. The number of pyridine rings is 1. The van der Waals surface area contributed by atoms with E-state index in [0.717, 1.165) is 29.7 Å². The van der Waals surface area contributed by atoms with Crippen molar-refractivity contribution in [1.29, 1.82) is 0 Å². The summed E-state index contributed by atoms with van der Waals surface area (Å²) in [4.78, 5) is 4.08. The quantitative estimate of drug-likeness (QED) is 0.878. The lowest BCUT2D eigenvalue weighted by Crippen LogP contribution is -2.12. The lowest BCUT2D eigenvalue weighted by molar-refractivity contribution is 0.164. The third-order valence-corrected chi connectivity index (χ3v) is 3.38. The molecule has 1 N–H and O–H groups in total. The van der Waals surface area contributed by atoms with E-state index in [9.17, 15) is 5.11 Å². The Morgan fingerprint density at radius 2 is 2.15 bits per heavy atom. The van der Waals surface area contributed by atoms with Gasteiger partial charge in [-0.05, 0) is 43.0 Å². The Labute approximate surface area is 120 Å². The first-order chi connectivity index (χ1) is 9.69. The number of aliphatic hydroxyl groups is 1. The molecule has 0 aliphatic carbocycles. The van der Waals surface area contributed by atoms with Gasteiger partial charge in [0.25, 0.3) is 0 Å². The molecule has 20 heavy (non-hydrogen) atoms. The molecule has 0 aliphatic rings. The molecule has 0 aliphatic heterocycles. The minimum atomic E-state index is -0.370. The Kier molecular flexibility index (Phi) is 5.13. The van der Waals surface area contributed by atoms with E-state index in [1.54, 1.807) is 13.3 Å². The van der Waals surface area contributed by atoms with Gasteiger partial charge in [0.15, 0.2) is 0 Å². The van der Waals surface area contributed by atoms with Crippen LogP contribution < -0.4 is 4.74 Å². The Morgan fingerprint density at radius 1 is 1.30 bits per heavy atom. The van der Waals surface area contributed by atoms with Crippen LogP contribution in [-0.2, 0) is 12.8 Å². The zero-order chi connectivity index (χ0) is 14.4. The summed E-state index contributed by atoms with van der Waals surface area (Å²) in [6, 6.07) is 10.0. The predicted molar refractivity (Wildman–Crippen MR) is 80.0 cm³/mol. The summed E-state index contributed by atoms with van der Waals surface area (Å²) in [5.41, 5.74) is 3.40. The van der Waals surface area contributed by atoms with E-state index in [1.807, 2.05) is 37.4 Å². The number of nitrogens with zero attached hydrogens (tertiary/aromatic N) is 1. The van der Waals surface area contributed by atoms with Gasteiger partial charge >= 0.3 is 0 Å². The van der Waals surface area contributed by atoms with Crippen molar-refractivity contribution < 1.29 is 9.84 Å². The summed E-state index contributed by atoms with van der Waals surface area (Å²) in [5.74, 6) is 0.844. The summed E-state index contributed by atoms with van der Waals surface area (Å²) in [5, 5.41) is 10.2. The Morgan fingerprint density at radius 3 is 2.85 bits per heavy atom. The van der Waals surface area contributed by atoms with Crippen molar-refractivity contribution in [1.82, 2.24) is 4.98 Å². The van der Waals surface area contributed by atoms with Gasteiger partial charge in [0.1, 0.15) is 5.75 Å². The molecule has 0 saturated heterocycles. The molecule has 0 bridgehead atoms. The van der Waals surface area contributed by atoms with Gasteiger partial charge in [-0.1, -0.05) is 23.8 Å². The highest BCUT2D eigenvalue weighted by Crippen LogP contribution is 2.22. The predicted octanol–water partition coefficient (Wildman–Crippen LogP) is 2.93. The van der Waals surface area contributed by atoms with Crippen LogP contribution in [0.25, 0.3) is 0 Å². The molecule has 0 fully saturated rings. The van der Waals surface area contributed by atoms with Crippen molar-refractivity contribution in [3.63, 3.8) is 0 Å². The van der Waals surface area contributed by atoms with Gasteiger partial charge in [0.2, 0.25) is 0 Å². The standard InChI is InChI=1S/C17H21NO2/c1-13-5-8-17(20-2)15(10-13)11-16(19)7-6-14-4-3-9-18-12-14/h3-5,8-10,12,16,19H,6-7,11H2,1-2H3. The van der Waals surface area contributed by atoms with E-state index in [4.69, 9.17) is 4.74 Å². The van der Waals surface area contributed by atoms with Crippen LogP contribution in [0, 0.1) is 6.92 Å². The fourth-order valence-corrected chi connectivity index (χ4v) is 2.30. The number of rotatable bonds is 6. The van der Waals surface area contributed by atoms with E-state index in [1.165, 1.54) is 5.56 Å². The van der Waals surface area contributed by atoms with Crippen molar-refractivity contribution in [3.05, 3.63) is 59.4 Å². The molecule has 0 amide bonds. The Hall–Kier alpha value is -1.87. The molecular weight excluding hydrogens is 250 g/mol. The minimum absolute atomic E-state index is 0.370. The summed E-state index contributed by atoms with van der Waals surface area (Å²) < 4.78 is 5.34. The second kappa shape index (κ2) is 7.06. The van der Waals surface area contributed by atoms with E-state index in [0.29, 0.717) is 6.42 Å². The molecule has 2 aromatic rings. The second-order valence-electron chi connectivity index (χ2n) is 5.07. The molecule has 1 unspecified atom stereocenters. The van der Waals surface area contributed by atoms with Gasteiger partial charge in [0.05, 0.1) is 13.2 Å². The van der Waals surface area contributed by atoms with Crippen molar-refractivity contribution >= 4 is 0 Å². The fourth-order valence-electron chi connectivity index (χ4n) is 2.30. The minimum Gasteiger partial charge on any atom is -0.496 e. The van der Waals surface area contributed by atoms with Gasteiger partial charge in [-0.2, -0.15) is 0 Å². The van der Waals surface area contributed by atoms with E-state index in [2.05, 4.69) is 11.1 Å². The molecule has 1 heterocycles. The smallest absolute Gasteiger partial charge is 0.122 e.